The minimum Gasteiger partial charge on any atom is -0.452 e. The van der Waals surface area contributed by atoms with Gasteiger partial charge in [-0.2, -0.15) is 4.57 Å². The molecule has 0 fully saturated rings. The lowest BCUT2D eigenvalue weighted by Crippen LogP contribution is -2.34. The van der Waals surface area contributed by atoms with Crippen LogP contribution in [0, 0.1) is 0 Å². The summed E-state index contributed by atoms with van der Waals surface area (Å²) in [5.74, 6) is 0. The first kappa shape index (κ1) is 14.3. The van der Waals surface area contributed by atoms with Gasteiger partial charge in [0.25, 0.3) is 0 Å². The number of hydrogen-bond acceptors (Lipinski definition) is 1. The Kier molecular flexibility index (Phi) is 2.98. The van der Waals surface area contributed by atoms with Crippen molar-refractivity contribution < 1.29 is 8.98 Å². The molecule has 0 saturated heterocycles. The topological polar surface area (TPSA) is 21.9 Å². The Morgan fingerprint density at radius 1 is 0.840 bits per heavy atom. The van der Waals surface area contributed by atoms with E-state index in [9.17, 15) is 0 Å². The van der Waals surface area contributed by atoms with Crippen LogP contribution in [0.5, 0.6) is 0 Å². The third kappa shape index (κ3) is 2.02. The fourth-order valence-electron chi connectivity index (χ4n) is 3.66. The van der Waals surface area contributed by atoms with Crippen LogP contribution in [0.15, 0.2) is 77.5 Å². The number of para-hydroxylation sites is 4. The van der Waals surface area contributed by atoms with Gasteiger partial charge in [0, 0.05) is 10.8 Å². The minimum atomic E-state index is 0.390. The standard InChI is InChI=1S/C22H19N2O/c1-15(2)23-14-24(19-11-5-4-10-18(19)23)20-12-7-9-17-16-8-3-6-13-21(16)25-22(17)20/h3-15H,1-2H3/q+1. The summed E-state index contributed by atoms with van der Waals surface area (Å²) in [4.78, 5) is 0. The zero-order valence-electron chi connectivity index (χ0n) is 14.3. The van der Waals surface area contributed by atoms with Crippen LogP contribution in [0.4, 0.5) is 0 Å². The van der Waals surface area contributed by atoms with Gasteiger partial charge in [-0.3, -0.25) is 0 Å². The van der Waals surface area contributed by atoms with Crippen LogP contribution in [0.1, 0.15) is 19.9 Å². The van der Waals surface area contributed by atoms with Crippen molar-refractivity contribution >= 4 is 33.0 Å². The summed E-state index contributed by atoms with van der Waals surface area (Å²) < 4.78 is 10.8. The zero-order chi connectivity index (χ0) is 17.0. The van der Waals surface area contributed by atoms with E-state index < -0.39 is 0 Å². The lowest BCUT2D eigenvalue weighted by atomic mass is 10.1. The van der Waals surface area contributed by atoms with Crippen molar-refractivity contribution in [3.8, 4) is 5.69 Å². The molecule has 0 bridgehead atoms. The number of fused-ring (bicyclic) bond motifs is 4. The van der Waals surface area contributed by atoms with Crippen molar-refractivity contribution in [1.82, 2.24) is 4.57 Å². The Morgan fingerprint density at radius 2 is 1.60 bits per heavy atom. The normalized spacial score (nSPS) is 12.0. The quantitative estimate of drug-likeness (QED) is 0.398. The molecule has 0 spiro atoms. The first-order valence-electron chi connectivity index (χ1n) is 8.66. The number of hydrogen-bond donors (Lipinski definition) is 0. The highest BCUT2D eigenvalue weighted by Gasteiger charge is 2.22. The molecule has 3 nitrogen and oxygen atoms in total. The molecule has 2 heterocycles. The molecule has 0 unspecified atom stereocenters. The average Bonchev–Trinajstić information content (AvgIpc) is 3.20. The molecule has 0 aliphatic rings. The van der Waals surface area contributed by atoms with E-state index in [1.165, 1.54) is 11.0 Å². The number of imidazole rings is 1. The van der Waals surface area contributed by atoms with E-state index in [1.807, 2.05) is 12.1 Å². The highest BCUT2D eigenvalue weighted by Crippen LogP contribution is 2.33. The lowest BCUT2D eigenvalue weighted by Gasteiger charge is -1.99. The number of benzene rings is 3. The molecule has 122 valence electrons. The van der Waals surface area contributed by atoms with Gasteiger partial charge in [0.1, 0.15) is 5.58 Å². The average molecular weight is 327 g/mol. The summed E-state index contributed by atoms with van der Waals surface area (Å²) in [6, 6.07) is 23.5. The third-order valence-corrected chi connectivity index (χ3v) is 4.86. The van der Waals surface area contributed by atoms with Crippen LogP contribution in [-0.4, -0.2) is 4.57 Å². The Labute approximate surface area is 145 Å². The van der Waals surface area contributed by atoms with Gasteiger partial charge in [-0.15, -0.1) is 0 Å². The van der Waals surface area contributed by atoms with Crippen molar-refractivity contribution in [1.29, 1.82) is 0 Å². The summed E-state index contributed by atoms with van der Waals surface area (Å²) in [6.07, 6.45) is 2.18. The van der Waals surface area contributed by atoms with E-state index in [4.69, 9.17) is 4.42 Å². The SMILES string of the molecule is CC(C)[n+]1cn(-c2cccc3c2oc2ccccc23)c2ccccc21. The molecule has 3 heteroatoms. The molecular formula is C22H19N2O+. The summed E-state index contributed by atoms with van der Waals surface area (Å²) in [5.41, 5.74) is 5.34. The van der Waals surface area contributed by atoms with E-state index in [-0.39, 0.29) is 0 Å². The number of rotatable bonds is 2. The van der Waals surface area contributed by atoms with E-state index in [0.29, 0.717) is 6.04 Å². The molecule has 0 aliphatic heterocycles. The van der Waals surface area contributed by atoms with E-state index in [0.717, 1.165) is 27.6 Å². The maximum absolute atomic E-state index is 6.23. The third-order valence-electron chi connectivity index (χ3n) is 4.86. The van der Waals surface area contributed by atoms with Gasteiger partial charge < -0.3 is 4.42 Å². The van der Waals surface area contributed by atoms with Crippen LogP contribution in [-0.2, 0) is 0 Å². The Bertz CT molecular complexity index is 1230. The van der Waals surface area contributed by atoms with Gasteiger partial charge in [-0.05, 0) is 38.1 Å². The molecule has 0 amide bonds. The van der Waals surface area contributed by atoms with Gasteiger partial charge >= 0.3 is 0 Å². The second kappa shape index (κ2) is 5.21. The van der Waals surface area contributed by atoms with Crippen molar-refractivity contribution in [2.75, 3.05) is 0 Å². The summed E-state index contributed by atoms with van der Waals surface area (Å²) in [5, 5.41) is 2.31. The lowest BCUT2D eigenvalue weighted by molar-refractivity contribution is -0.691. The molecule has 0 N–H and O–H groups in total. The van der Waals surface area contributed by atoms with Gasteiger partial charge in [0.05, 0.1) is 6.04 Å². The zero-order valence-corrected chi connectivity index (χ0v) is 14.3. The smallest absolute Gasteiger partial charge is 0.250 e. The highest BCUT2D eigenvalue weighted by atomic mass is 16.3. The van der Waals surface area contributed by atoms with E-state index in [2.05, 4.69) is 83.9 Å². The van der Waals surface area contributed by atoms with Gasteiger partial charge in [-0.25, -0.2) is 4.57 Å². The van der Waals surface area contributed by atoms with Crippen LogP contribution in [0.25, 0.3) is 38.7 Å². The molecule has 0 radical (unpaired) electrons. The predicted octanol–water partition coefficient (Wildman–Crippen LogP) is 5.40. The van der Waals surface area contributed by atoms with E-state index >= 15 is 0 Å². The minimum absolute atomic E-state index is 0.390. The first-order valence-corrected chi connectivity index (χ1v) is 8.66. The molecule has 0 saturated carbocycles. The Hall–Kier alpha value is -3.07. The maximum atomic E-state index is 6.23. The second-order valence-electron chi connectivity index (χ2n) is 6.73. The fraction of sp³-hybridized carbons (Fsp3) is 0.136. The van der Waals surface area contributed by atoms with Gasteiger partial charge in [0.2, 0.25) is 6.33 Å². The molecular weight excluding hydrogens is 308 g/mol. The maximum Gasteiger partial charge on any atom is 0.250 e. The predicted molar refractivity (Wildman–Crippen MR) is 101 cm³/mol. The largest absolute Gasteiger partial charge is 0.452 e. The first-order chi connectivity index (χ1) is 12.2. The monoisotopic (exact) mass is 327 g/mol. The summed E-state index contributed by atoms with van der Waals surface area (Å²) in [6.45, 7) is 4.41. The van der Waals surface area contributed by atoms with Crippen molar-refractivity contribution in [3.63, 3.8) is 0 Å². The summed E-state index contributed by atoms with van der Waals surface area (Å²) >= 11 is 0. The number of nitrogens with zero attached hydrogens (tertiary/aromatic N) is 2. The van der Waals surface area contributed by atoms with Crippen molar-refractivity contribution in [2.45, 2.75) is 19.9 Å². The van der Waals surface area contributed by atoms with Crippen LogP contribution < -0.4 is 4.57 Å². The molecule has 2 aromatic heterocycles. The Balaban J connectivity index is 1.89. The second-order valence-corrected chi connectivity index (χ2v) is 6.73. The fourth-order valence-corrected chi connectivity index (χ4v) is 3.66. The molecule has 3 aromatic carbocycles. The van der Waals surface area contributed by atoms with Crippen molar-refractivity contribution in [2.24, 2.45) is 0 Å². The van der Waals surface area contributed by atoms with Crippen LogP contribution >= 0.6 is 0 Å². The molecule has 5 aromatic rings. The van der Waals surface area contributed by atoms with Gasteiger partial charge in [-0.1, -0.05) is 42.5 Å². The summed E-state index contributed by atoms with van der Waals surface area (Å²) in [7, 11) is 0. The Morgan fingerprint density at radius 3 is 2.48 bits per heavy atom. The number of furan rings is 1. The van der Waals surface area contributed by atoms with Gasteiger partial charge in [0.15, 0.2) is 22.3 Å². The number of aromatic nitrogens is 2. The van der Waals surface area contributed by atoms with Crippen molar-refractivity contribution in [3.05, 3.63) is 73.1 Å². The van der Waals surface area contributed by atoms with E-state index in [1.54, 1.807) is 0 Å². The highest BCUT2D eigenvalue weighted by molar-refractivity contribution is 6.07. The van der Waals surface area contributed by atoms with Crippen LogP contribution in [0.3, 0.4) is 0 Å². The molecule has 25 heavy (non-hydrogen) atoms. The van der Waals surface area contributed by atoms with Crippen LogP contribution in [0.2, 0.25) is 0 Å². The molecule has 0 aliphatic carbocycles. The molecule has 5 rings (SSSR count). The molecule has 0 atom stereocenters.